The monoisotopic (exact) mass is 553 g/mol. The van der Waals surface area contributed by atoms with Gasteiger partial charge in [-0.25, -0.2) is 23.8 Å². The molecule has 0 aliphatic carbocycles. The molecule has 3 amide bonds. The maximum absolute atomic E-state index is 13.3. The van der Waals surface area contributed by atoms with Crippen LogP contribution in [0.3, 0.4) is 0 Å². The summed E-state index contributed by atoms with van der Waals surface area (Å²) < 4.78 is 43.9. The van der Waals surface area contributed by atoms with Crippen LogP contribution in [0, 0.1) is 6.92 Å². The Morgan fingerprint density at radius 2 is 1.70 bits per heavy atom. The van der Waals surface area contributed by atoms with Crippen molar-refractivity contribution in [2.75, 3.05) is 22.9 Å². The van der Waals surface area contributed by atoms with Crippen LogP contribution in [0.2, 0.25) is 0 Å². The minimum absolute atomic E-state index is 0.122. The number of ether oxygens (including phenoxy) is 1. The zero-order valence-electron chi connectivity index (χ0n) is 21.2. The number of urea groups is 1. The molecule has 0 spiro atoms. The maximum Gasteiger partial charge on any atom is 0.575 e. The van der Waals surface area contributed by atoms with E-state index in [0.717, 1.165) is 10.2 Å². The van der Waals surface area contributed by atoms with Crippen molar-refractivity contribution in [1.82, 2.24) is 19.3 Å². The number of primary amides is 1. The summed E-state index contributed by atoms with van der Waals surface area (Å²) in [6.07, 6.45) is -3.48. The van der Waals surface area contributed by atoms with Crippen molar-refractivity contribution < 1.29 is 27.5 Å². The quantitative estimate of drug-likeness (QED) is 0.390. The first kappa shape index (κ1) is 26.5. The van der Waals surface area contributed by atoms with Gasteiger partial charge in [-0.2, -0.15) is 0 Å². The van der Waals surface area contributed by atoms with Crippen LogP contribution in [-0.2, 0) is 7.05 Å². The van der Waals surface area contributed by atoms with Crippen LogP contribution in [0.1, 0.15) is 15.9 Å². The molecular formula is C26H22F3N7O4. The number of hydrogen-bond acceptors (Lipinski definition) is 6. The summed E-state index contributed by atoms with van der Waals surface area (Å²) in [6, 6.07) is 13.2. The fraction of sp³-hybridized carbons (Fsp3) is 0.192. The van der Waals surface area contributed by atoms with E-state index in [1.54, 1.807) is 55.6 Å². The summed E-state index contributed by atoms with van der Waals surface area (Å²) in [4.78, 5) is 44.8. The molecule has 2 aromatic carbocycles. The molecule has 1 saturated heterocycles. The number of pyridine rings is 1. The van der Waals surface area contributed by atoms with Gasteiger partial charge in [0.2, 0.25) is 5.91 Å². The highest BCUT2D eigenvalue weighted by atomic mass is 19.4. The highest BCUT2D eigenvalue weighted by Crippen LogP contribution is 2.33. The third kappa shape index (κ3) is 4.86. The molecule has 2 aromatic heterocycles. The molecule has 1 aliphatic heterocycles. The third-order valence-corrected chi connectivity index (χ3v) is 6.42. The van der Waals surface area contributed by atoms with E-state index in [0.29, 0.717) is 40.3 Å². The number of rotatable bonds is 6. The van der Waals surface area contributed by atoms with Gasteiger partial charge in [-0.1, -0.05) is 18.2 Å². The van der Waals surface area contributed by atoms with Crippen molar-refractivity contribution in [3.05, 3.63) is 82.4 Å². The second kappa shape index (κ2) is 9.87. The van der Waals surface area contributed by atoms with Gasteiger partial charge in [-0.3, -0.25) is 14.6 Å². The lowest BCUT2D eigenvalue weighted by molar-refractivity contribution is -0.278. The molecule has 2 N–H and O–H groups in total. The number of amides is 3. The second-order valence-corrected chi connectivity index (χ2v) is 8.93. The topological polar surface area (TPSA) is 129 Å². The number of hydrogen-bond donors (Lipinski definition) is 1. The predicted octanol–water partition coefficient (Wildman–Crippen LogP) is 3.39. The van der Waals surface area contributed by atoms with Gasteiger partial charge in [-0.05, 0) is 60.0 Å². The van der Waals surface area contributed by atoms with Crippen LogP contribution in [0.4, 0.5) is 29.5 Å². The van der Waals surface area contributed by atoms with E-state index in [4.69, 9.17) is 5.73 Å². The molecule has 40 heavy (non-hydrogen) atoms. The lowest BCUT2D eigenvalue weighted by atomic mass is 10.0. The van der Waals surface area contributed by atoms with Gasteiger partial charge in [0, 0.05) is 37.6 Å². The maximum atomic E-state index is 13.3. The SMILES string of the molecule is Cc1c(-c2ccc(-n3c(OC(F)(F)F)nn(C)c3=O)cc2)ccnc1N1CCN(c2cccc(C(N)=O)c2)C1=O. The number of nitrogens with two attached hydrogens (primary N) is 1. The summed E-state index contributed by atoms with van der Waals surface area (Å²) >= 11 is 0. The van der Waals surface area contributed by atoms with E-state index in [-0.39, 0.29) is 17.3 Å². The molecule has 206 valence electrons. The first-order valence-corrected chi connectivity index (χ1v) is 11.9. The van der Waals surface area contributed by atoms with Gasteiger partial charge in [0.05, 0.1) is 5.69 Å². The Hall–Kier alpha value is -5.14. The largest absolute Gasteiger partial charge is 0.575 e. The average Bonchev–Trinajstić information content (AvgIpc) is 3.41. The Morgan fingerprint density at radius 3 is 2.38 bits per heavy atom. The Morgan fingerprint density at radius 1 is 1.00 bits per heavy atom. The molecule has 0 bridgehead atoms. The number of aromatic nitrogens is 4. The molecule has 0 atom stereocenters. The molecule has 11 nitrogen and oxygen atoms in total. The Bertz CT molecular complexity index is 1680. The van der Waals surface area contributed by atoms with Gasteiger partial charge in [0.15, 0.2) is 0 Å². The number of aryl methyl sites for hydroxylation is 1. The summed E-state index contributed by atoms with van der Waals surface area (Å²) in [5, 5.41) is 3.52. The average molecular weight is 554 g/mol. The fourth-order valence-electron chi connectivity index (χ4n) is 4.53. The zero-order chi connectivity index (χ0) is 28.8. The van der Waals surface area contributed by atoms with E-state index in [1.165, 1.54) is 29.0 Å². The van der Waals surface area contributed by atoms with Crippen LogP contribution >= 0.6 is 0 Å². The smallest absolute Gasteiger partial charge is 0.370 e. The zero-order valence-corrected chi connectivity index (χ0v) is 21.2. The second-order valence-electron chi connectivity index (χ2n) is 8.93. The van der Waals surface area contributed by atoms with Crippen LogP contribution < -0.4 is 26.0 Å². The van der Waals surface area contributed by atoms with Crippen molar-refractivity contribution >= 4 is 23.4 Å². The summed E-state index contributed by atoms with van der Waals surface area (Å²) in [5.41, 5.74) is 7.60. The molecule has 1 aliphatic rings. The molecule has 4 aromatic rings. The minimum Gasteiger partial charge on any atom is -0.370 e. The predicted molar refractivity (Wildman–Crippen MR) is 139 cm³/mol. The lowest BCUT2D eigenvalue weighted by Crippen LogP contribution is -2.32. The number of carbonyl (C=O) groups is 2. The van der Waals surface area contributed by atoms with E-state index < -0.39 is 24.0 Å². The van der Waals surface area contributed by atoms with Crippen LogP contribution in [0.15, 0.2) is 65.6 Å². The Kier molecular flexibility index (Phi) is 6.53. The van der Waals surface area contributed by atoms with Crippen molar-refractivity contribution in [2.24, 2.45) is 12.8 Å². The van der Waals surface area contributed by atoms with Crippen molar-refractivity contribution in [1.29, 1.82) is 0 Å². The first-order valence-electron chi connectivity index (χ1n) is 11.9. The summed E-state index contributed by atoms with van der Waals surface area (Å²) in [7, 11) is 1.22. The Labute approximate surface area is 224 Å². The van der Waals surface area contributed by atoms with E-state index in [2.05, 4.69) is 14.8 Å². The highest BCUT2D eigenvalue weighted by Gasteiger charge is 2.35. The van der Waals surface area contributed by atoms with E-state index >= 15 is 0 Å². The van der Waals surface area contributed by atoms with Crippen molar-refractivity contribution in [3.63, 3.8) is 0 Å². The van der Waals surface area contributed by atoms with Crippen molar-refractivity contribution in [2.45, 2.75) is 13.3 Å². The fourth-order valence-corrected chi connectivity index (χ4v) is 4.53. The number of alkyl halides is 3. The number of carbonyl (C=O) groups excluding carboxylic acids is 2. The third-order valence-electron chi connectivity index (χ3n) is 6.42. The highest BCUT2D eigenvalue weighted by molar-refractivity contribution is 6.07. The number of benzene rings is 2. The molecule has 0 unspecified atom stereocenters. The van der Waals surface area contributed by atoms with Gasteiger partial charge in [0.25, 0.3) is 0 Å². The lowest BCUT2D eigenvalue weighted by Gasteiger charge is -2.21. The molecular weight excluding hydrogens is 531 g/mol. The van der Waals surface area contributed by atoms with E-state index in [9.17, 15) is 27.6 Å². The summed E-state index contributed by atoms with van der Waals surface area (Å²) in [6.45, 7) is 2.52. The van der Waals surface area contributed by atoms with E-state index in [1.807, 2.05) is 0 Å². The van der Waals surface area contributed by atoms with Crippen LogP contribution in [0.5, 0.6) is 6.01 Å². The molecule has 0 saturated carbocycles. The van der Waals surface area contributed by atoms with Crippen LogP contribution in [-0.4, -0.2) is 50.7 Å². The number of nitrogens with zero attached hydrogens (tertiary/aromatic N) is 6. The molecule has 5 rings (SSSR count). The van der Waals surface area contributed by atoms with Crippen LogP contribution in [0.25, 0.3) is 16.8 Å². The standard InChI is InChI=1S/C26H22F3N7O4/c1-15-20(16-6-8-18(9-7-16)36-23(40-26(27,28)29)32-33(2)24(36)38)10-11-31-22(15)35-13-12-34(25(35)39)19-5-3-4-17(14-19)21(30)37/h3-11,14H,12-13H2,1-2H3,(H2,30,37). The molecule has 3 heterocycles. The molecule has 1 fully saturated rings. The van der Waals surface area contributed by atoms with Crippen molar-refractivity contribution in [3.8, 4) is 22.8 Å². The minimum atomic E-state index is -5.03. The van der Waals surface area contributed by atoms with Gasteiger partial charge in [-0.15, -0.1) is 18.3 Å². The number of anilines is 2. The van der Waals surface area contributed by atoms with Gasteiger partial charge >= 0.3 is 24.1 Å². The summed E-state index contributed by atoms with van der Waals surface area (Å²) in [5.74, 6) is -0.163. The normalized spacial score (nSPS) is 13.7. The molecule has 14 heteroatoms. The van der Waals surface area contributed by atoms with Gasteiger partial charge in [0.1, 0.15) is 5.82 Å². The van der Waals surface area contributed by atoms with Gasteiger partial charge < -0.3 is 10.5 Å². The Balaban J connectivity index is 1.43. The number of halogens is 3. The first-order chi connectivity index (χ1) is 18.9. The molecule has 0 radical (unpaired) electrons.